The number of tetrazole rings is 1. The highest BCUT2D eigenvalue weighted by Crippen LogP contribution is 2.18. The lowest BCUT2D eigenvalue weighted by molar-refractivity contribution is -0.122. The molecule has 24 heavy (non-hydrogen) atoms. The highest BCUT2D eigenvalue weighted by molar-refractivity contribution is 6.30. The fourth-order valence-corrected chi connectivity index (χ4v) is 2.60. The third-order valence-electron chi connectivity index (χ3n) is 3.65. The second-order valence-electron chi connectivity index (χ2n) is 6.45. The molecule has 0 bridgehead atoms. The molecule has 0 radical (unpaired) electrons. The minimum absolute atomic E-state index is 0.0576. The maximum absolute atomic E-state index is 12.1. The van der Waals surface area contributed by atoms with Crippen molar-refractivity contribution >= 4 is 17.5 Å². The number of benzene rings is 1. The Kier molecular flexibility index (Phi) is 6.73. The molecule has 1 aromatic heterocycles. The van der Waals surface area contributed by atoms with Crippen LogP contribution >= 0.6 is 11.6 Å². The molecule has 1 heterocycles. The van der Waals surface area contributed by atoms with Crippen LogP contribution in [0.1, 0.15) is 40.0 Å². The molecule has 0 saturated heterocycles. The van der Waals surface area contributed by atoms with Gasteiger partial charge in [0.15, 0.2) is 0 Å². The number of amides is 1. The number of carbonyl (C=O) groups excluding carboxylic acids is 1. The number of nitrogens with zero attached hydrogens (tertiary/aromatic N) is 4. The number of hydrogen-bond acceptors (Lipinski definition) is 4. The Morgan fingerprint density at radius 1 is 1.29 bits per heavy atom. The summed E-state index contributed by atoms with van der Waals surface area (Å²) in [5.41, 5.74) is 0.774. The number of halogens is 1. The lowest BCUT2D eigenvalue weighted by Gasteiger charge is -2.14. The van der Waals surface area contributed by atoms with E-state index in [0.717, 1.165) is 18.4 Å². The van der Waals surface area contributed by atoms with E-state index in [1.807, 2.05) is 19.1 Å². The molecular formula is C17H24ClN5O. The van der Waals surface area contributed by atoms with Gasteiger partial charge >= 0.3 is 0 Å². The molecule has 1 N–H and O–H groups in total. The van der Waals surface area contributed by atoms with Crippen molar-refractivity contribution in [2.24, 2.45) is 5.92 Å². The normalized spacial score (nSPS) is 12.4. The average Bonchev–Trinajstić information content (AvgIpc) is 2.95. The Morgan fingerprint density at radius 2 is 2.08 bits per heavy atom. The van der Waals surface area contributed by atoms with Gasteiger partial charge in [0.05, 0.1) is 0 Å². The smallest absolute Gasteiger partial charge is 0.243 e. The van der Waals surface area contributed by atoms with Crippen molar-refractivity contribution in [1.82, 2.24) is 25.5 Å². The summed E-state index contributed by atoms with van der Waals surface area (Å²) in [6.07, 6.45) is 3.26. The summed E-state index contributed by atoms with van der Waals surface area (Å²) < 4.78 is 0. The molecule has 0 spiro atoms. The van der Waals surface area contributed by atoms with Gasteiger partial charge < -0.3 is 5.32 Å². The Bertz CT molecular complexity index is 671. The lowest BCUT2D eigenvalue weighted by Crippen LogP contribution is -2.35. The third kappa shape index (κ3) is 5.92. The molecule has 1 amide bonds. The maximum Gasteiger partial charge on any atom is 0.243 e. The van der Waals surface area contributed by atoms with Crippen LogP contribution in [0.25, 0.3) is 11.4 Å². The Morgan fingerprint density at radius 3 is 2.79 bits per heavy atom. The van der Waals surface area contributed by atoms with Crippen molar-refractivity contribution in [2.45, 2.75) is 52.6 Å². The third-order valence-corrected chi connectivity index (χ3v) is 3.88. The van der Waals surface area contributed by atoms with Crippen molar-refractivity contribution in [1.29, 1.82) is 0 Å². The summed E-state index contributed by atoms with van der Waals surface area (Å²) >= 11 is 5.96. The minimum Gasteiger partial charge on any atom is -0.352 e. The predicted octanol–water partition coefficient (Wildman–Crippen LogP) is 3.32. The first-order valence-corrected chi connectivity index (χ1v) is 8.65. The summed E-state index contributed by atoms with van der Waals surface area (Å²) in [7, 11) is 0. The molecule has 130 valence electrons. The first kappa shape index (κ1) is 18.4. The summed E-state index contributed by atoms with van der Waals surface area (Å²) in [6.45, 7) is 6.49. The molecule has 0 unspecified atom stereocenters. The highest BCUT2D eigenvalue weighted by Gasteiger charge is 2.12. The molecule has 1 aromatic carbocycles. The molecule has 2 aromatic rings. The average molecular weight is 350 g/mol. The largest absolute Gasteiger partial charge is 0.352 e. The second kappa shape index (κ2) is 8.78. The van der Waals surface area contributed by atoms with E-state index < -0.39 is 0 Å². The molecule has 0 fully saturated rings. The molecule has 2 rings (SSSR count). The second-order valence-corrected chi connectivity index (χ2v) is 6.88. The van der Waals surface area contributed by atoms with E-state index in [4.69, 9.17) is 11.6 Å². The molecule has 0 saturated carbocycles. The van der Waals surface area contributed by atoms with Crippen LogP contribution in [0, 0.1) is 5.92 Å². The standard InChI is InChI=1S/C17H24ClN5O/c1-12(2)6-4-7-13(3)19-16(24)11-23-21-17(20-22-23)14-8-5-9-15(18)10-14/h5,8-10,12-13H,4,6-7,11H2,1-3H3,(H,19,24)/t13-/m1/s1. The van der Waals surface area contributed by atoms with Crippen LogP contribution in [0.2, 0.25) is 5.02 Å². The summed E-state index contributed by atoms with van der Waals surface area (Å²) in [5.74, 6) is 1.04. The molecule has 0 aliphatic rings. The van der Waals surface area contributed by atoms with Gasteiger partial charge in [0.25, 0.3) is 0 Å². The SMILES string of the molecule is CC(C)CCC[C@@H](C)NC(=O)Cn1nnc(-c2cccc(Cl)c2)n1. The number of hydrogen-bond donors (Lipinski definition) is 1. The molecule has 7 heteroatoms. The van der Waals surface area contributed by atoms with Gasteiger partial charge in [-0.2, -0.15) is 4.80 Å². The van der Waals surface area contributed by atoms with Crippen LogP contribution in [0.15, 0.2) is 24.3 Å². The summed E-state index contributed by atoms with van der Waals surface area (Å²) in [5, 5.41) is 15.7. The van der Waals surface area contributed by atoms with Crippen molar-refractivity contribution in [3.8, 4) is 11.4 Å². The van der Waals surface area contributed by atoms with E-state index in [0.29, 0.717) is 16.8 Å². The van der Waals surface area contributed by atoms with Crippen molar-refractivity contribution in [3.63, 3.8) is 0 Å². The Balaban J connectivity index is 1.84. The van der Waals surface area contributed by atoms with E-state index >= 15 is 0 Å². The maximum atomic E-state index is 12.1. The van der Waals surface area contributed by atoms with E-state index in [9.17, 15) is 4.79 Å². The predicted molar refractivity (Wildman–Crippen MR) is 94.6 cm³/mol. The lowest BCUT2D eigenvalue weighted by atomic mass is 10.0. The Labute approximate surface area is 147 Å². The van der Waals surface area contributed by atoms with E-state index in [1.54, 1.807) is 12.1 Å². The quantitative estimate of drug-likeness (QED) is 0.793. The number of rotatable bonds is 8. The molecule has 0 aliphatic heterocycles. The monoisotopic (exact) mass is 349 g/mol. The summed E-state index contributed by atoms with van der Waals surface area (Å²) in [4.78, 5) is 13.4. The van der Waals surface area contributed by atoms with Gasteiger partial charge in [0.1, 0.15) is 6.54 Å². The first-order chi connectivity index (χ1) is 11.4. The fraction of sp³-hybridized carbons (Fsp3) is 0.529. The topological polar surface area (TPSA) is 72.7 Å². The van der Waals surface area contributed by atoms with E-state index in [1.165, 1.54) is 11.2 Å². The van der Waals surface area contributed by atoms with Crippen molar-refractivity contribution in [2.75, 3.05) is 0 Å². The molecule has 1 atom stereocenters. The minimum atomic E-state index is -0.109. The zero-order valence-corrected chi connectivity index (χ0v) is 15.1. The van der Waals surface area contributed by atoms with Gasteiger partial charge in [-0.1, -0.05) is 50.4 Å². The van der Waals surface area contributed by atoms with Gasteiger partial charge in [-0.25, -0.2) is 0 Å². The van der Waals surface area contributed by atoms with Crippen LogP contribution in [0.5, 0.6) is 0 Å². The number of carbonyl (C=O) groups is 1. The van der Waals surface area contributed by atoms with E-state index in [2.05, 4.69) is 34.6 Å². The van der Waals surface area contributed by atoms with Gasteiger partial charge in [-0.3, -0.25) is 4.79 Å². The Hall–Kier alpha value is -1.95. The van der Waals surface area contributed by atoms with Crippen molar-refractivity contribution < 1.29 is 4.79 Å². The fourth-order valence-electron chi connectivity index (χ4n) is 2.41. The van der Waals surface area contributed by atoms with Gasteiger partial charge in [-0.15, -0.1) is 10.2 Å². The molecular weight excluding hydrogens is 326 g/mol. The van der Waals surface area contributed by atoms with Gasteiger partial charge in [0, 0.05) is 16.6 Å². The highest BCUT2D eigenvalue weighted by atomic mass is 35.5. The van der Waals surface area contributed by atoms with Crippen LogP contribution in [-0.4, -0.2) is 32.2 Å². The molecule has 6 nitrogen and oxygen atoms in total. The zero-order valence-electron chi connectivity index (χ0n) is 14.4. The molecule has 0 aliphatic carbocycles. The van der Waals surface area contributed by atoms with Crippen molar-refractivity contribution in [3.05, 3.63) is 29.3 Å². The first-order valence-electron chi connectivity index (χ1n) is 8.27. The van der Waals surface area contributed by atoms with Gasteiger partial charge in [0.2, 0.25) is 11.7 Å². The van der Waals surface area contributed by atoms with Crippen LogP contribution in [-0.2, 0) is 11.3 Å². The van der Waals surface area contributed by atoms with Crippen LogP contribution in [0.4, 0.5) is 0 Å². The number of nitrogens with one attached hydrogen (secondary N) is 1. The van der Waals surface area contributed by atoms with Crippen LogP contribution < -0.4 is 5.32 Å². The van der Waals surface area contributed by atoms with Crippen LogP contribution in [0.3, 0.4) is 0 Å². The summed E-state index contributed by atoms with van der Waals surface area (Å²) in [6, 6.07) is 7.37. The van der Waals surface area contributed by atoms with Gasteiger partial charge in [-0.05, 0) is 36.6 Å². The zero-order chi connectivity index (χ0) is 17.5. The van der Waals surface area contributed by atoms with E-state index in [-0.39, 0.29) is 18.5 Å². The number of aromatic nitrogens is 4.